The third kappa shape index (κ3) is 3.24. The molecular formula is C13H16O4. The van der Waals surface area contributed by atoms with Crippen LogP contribution in [0.15, 0.2) is 18.2 Å². The molecule has 0 aliphatic carbocycles. The van der Waals surface area contributed by atoms with E-state index in [0.29, 0.717) is 5.56 Å². The second kappa shape index (κ2) is 5.94. The molecule has 0 spiro atoms. The van der Waals surface area contributed by atoms with Crippen molar-refractivity contribution in [2.24, 2.45) is 0 Å². The van der Waals surface area contributed by atoms with Crippen molar-refractivity contribution in [1.82, 2.24) is 0 Å². The zero-order chi connectivity index (χ0) is 12.8. The largest absolute Gasteiger partial charge is 0.508 e. The lowest BCUT2D eigenvalue weighted by Gasteiger charge is -2.07. The number of methoxy groups -OCH3 is 1. The van der Waals surface area contributed by atoms with Crippen LogP contribution in [0.2, 0.25) is 0 Å². The molecule has 1 aromatic carbocycles. The summed E-state index contributed by atoms with van der Waals surface area (Å²) in [5, 5.41) is 19.0. The zero-order valence-corrected chi connectivity index (χ0v) is 9.93. The number of phenols is 2. The summed E-state index contributed by atoms with van der Waals surface area (Å²) in [6.07, 6.45) is 5.40. The Labute approximate surface area is 100 Å². The molecule has 0 heterocycles. The van der Waals surface area contributed by atoms with Gasteiger partial charge in [0.05, 0.1) is 7.11 Å². The normalized spacial score (nSPS) is 10.7. The quantitative estimate of drug-likeness (QED) is 0.789. The third-order valence-corrected chi connectivity index (χ3v) is 2.28. The number of allylic oxidation sites excluding steroid dienone is 1. The maximum atomic E-state index is 11.5. The van der Waals surface area contributed by atoms with E-state index < -0.39 is 5.97 Å². The van der Waals surface area contributed by atoms with E-state index in [1.165, 1.54) is 13.2 Å². The average Bonchev–Trinajstić information content (AvgIpc) is 2.28. The van der Waals surface area contributed by atoms with Crippen molar-refractivity contribution in [1.29, 1.82) is 0 Å². The van der Waals surface area contributed by atoms with Crippen LogP contribution in [-0.4, -0.2) is 23.3 Å². The highest BCUT2D eigenvalue weighted by molar-refractivity contribution is 5.96. The summed E-state index contributed by atoms with van der Waals surface area (Å²) >= 11 is 0. The van der Waals surface area contributed by atoms with Crippen LogP contribution < -0.4 is 0 Å². The highest BCUT2D eigenvalue weighted by Crippen LogP contribution is 2.28. The Hall–Kier alpha value is -1.97. The van der Waals surface area contributed by atoms with Crippen molar-refractivity contribution in [3.8, 4) is 11.5 Å². The van der Waals surface area contributed by atoms with E-state index in [9.17, 15) is 15.0 Å². The van der Waals surface area contributed by atoms with Crippen LogP contribution in [0, 0.1) is 0 Å². The molecule has 0 aromatic heterocycles. The van der Waals surface area contributed by atoms with E-state index in [-0.39, 0.29) is 17.1 Å². The molecular weight excluding hydrogens is 220 g/mol. The maximum absolute atomic E-state index is 11.5. The van der Waals surface area contributed by atoms with E-state index >= 15 is 0 Å². The molecule has 1 aromatic rings. The minimum atomic E-state index is -0.626. The van der Waals surface area contributed by atoms with E-state index in [0.717, 1.165) is 18.9 Å². The van der Waals surface area contributed by atoms with Crippen LogP contribution in [-0.2, 0) is 4.74 Å². The van der Waals surface area contributed by atoms with E-state index in [2.05, 4.69) is 4.74 Å². The van der Waals surface area contributed by atoms with Crippen molar-refractivity contribution in [3.05, 3.63) is 29.3 Å². The number of hydrogen-bond acceptors (Lipinski definition) is 4. The summed E-state index contributed by atoms with van der Waals surface area (Å²) in [7, 11) is 1.24. The van der Waals surface area contributed by atoms with Crippen LogP contribution >= 0.6 is 0 Å². The molecule has 0 aliphatic heterocycles. The van der Waals surface area contributed by atoms with Crippen LogP contribution in [0.25, 0.3) is 6.08 Å². The van der Waals surface area contributed by atoms with Gasteiger partial charge in [-0.3, -0.25) is 0 Å². The zero-order valence-electron chi connectivity index (χ0n) is 9.93. The van der Waals surface area contributed by atoms with Gasteiger partial charge >= 0.3 is 5.97 Å². The first-order valence-corrected chi connectivity index (χ1v) is 5.41. The predicted octanol–water partition coefficient (Wildman–Crippen LogP) is 2.70. The van der Waals surface area contributed by atoms with Gasteiger partial charge in [-0.15, -0.1) is 0 Å². The van der Waals surface area contributed by atoms with Crippen molar-refractivity contribution in [3.63, 3.8) is 0 Å². The molecule has 0 atom stereocenters. The predicted molar refractivity (Wildman–Crippen MR) is 65.1 cm³/mol. The van der Waals surface area contributed by atoms with Gasteiger partial charge in [0.25, 0.3) is 0 Å². The van der Waals surface area contributed by atoms with Gasteiger partial charge in [0, 0.05) is 6.07 Å². The van der Waals surface area contributed by atoms with Gasteiger partial charge in [-0.2, -0.15) is 0 Å². The first-order chi connectivity index (χ1) is 8.10. The van der Waals surface area contributed by atoms with Gasteiger partial charge in [-0.25, -0.2) is 4.79 Å². The second-order valence-corrected chi connectivity index (χ2v) is 3.61. The lowest BCUT2D eigenvalue weighted by Crippen LogP contribution is -2.04. The topological polar surface area (TPSA) is 66.8 Å². The molecule has 0 radical (unpaired) electrons. The summed E-state index contributed by atoms with van der Waals surface area (Å²) < 4.78 is 4.59. The molecule has 0 aliphatic rings. The number of rotatable bonds is 4. The Morgan fingerprint density at radius 2 is 2.12 bits per heavy atom. The van der Waals surface area contributed by atoms with Gasteiger partial charge in [-0.1, -0.05) is 25.5 Å². The number of hydrogen-bond donors (Lipinski definition) is 2. The summed E-state index contributed by atoms with van der Waals surface area (Å²) in [4.78, 5) is 11.5. The molecule has 0 saturated heterocycles. The number of ether oxygens (including phenoxy) is 1. The fraction of sp³-hybridized carbons (Fsp3) is 0.308. The Kier molecular flexibility index (Phi) is 4.57. The van der Waals surface area contributed by atoms with Crippen LogP contribution in [0.1, 0.15) is 35.7 Å². The molecule has 0 unspecified atom stereocenters. The third-order valence-electron chi connectivity index (χ3n) is 2.28. The number of unbranched alkanes of at least 4 members (excludes halogenated alkanes) is 1. The molecule has 1 rings (SSSR count). The Morgan fingerprint density at radius 1 is 1.41 bits per heavy atom. The molecule has 0 bridgehead atoms. The van der Waals surface area contributed by atoms with Crippen LogP contribution in [0.3, 0.4) is 0 Å². The standard InChI is InChI=1S/C13H16O4/c1-3-4-5-6-9-7-10(14)8-11(15)12(9)13(16)17-2/h5-8,14-15H,3-4H2,1-2H3. The Bertz CT molecular complexity index is 435. The smallest absolute Gasteiger partial charge is 0.342 e. The summed E-state index contributed by atoms with van der Waals surface area (Å²) in [5.41, 5.74) is 0.514. The number of esters is 1. The van der Waals surface area contributed by atoms with Crippen molar-refractivity contribution in [2.45, 2.75) is 19.8 Å². The first-order valence-electron chi connectivity index (χ1n) is 5.41. The number of phenolic OH excluding ortho intramolecular Hbond substituents is 2. The minimum Gasteiger partial charge on any atom is -0.508 e. The van der Waals surface area contributed by atoms with E-state index in [1.807, 2.05) is 13.0 Å². The van der Waals surface area contributed by atoms with Crippen LogP contribution in [0.5, 0.6) is 11.5 Å². The SMILES string of the molecule is CCCC=Cc1cc(O)cc(O)c1C(=O)OC. The average molecular weight is 236 g/mol. The van der Waals surface area contributed by atoms with Gasteiger partial charge in [0.2, 0.25) is 0 Å². The minimum absolute atomic E-state index is 0.0673. The molecule has 92 valence electrons. The highest BCUT2D eigenvalue weighted by Gasteiger charge is 2.16. The summed E-state index contributed by atoms with van der Waals surface area (Å²) in [6.45, 7) is 2.03. The monoisotopic (exact) mass is 236 g/mol. The molecule has 2 N–H and O–H groups in total. The maximum Gasteiger partial charge on any atom is 0.342 e. The van der Waals surface area contributed by atoms with E-state index in [4.69, 9.17) is 0 Å². The molecule has 0 amide bonds. The van der Waals surface area contributed by atoms with Crippen molar-refractivity contribution in [2.75, 3.05) is 7.11 Å². The van der Waals surface area contributed by atoms with Crippen LogP contribution in [0.4, 0.5) is 0 Å². The summed E-state index contributed by atoms with van der Waals surface area (Å²) in [5.74, 6) is -1.00. The van der Waals surface area contributed by atoms with Gasteiger partial charge in [0.1, 0.15) is 17.1 Å². The number of aromatic hydroxyl groups is 2. The number of carbonyl (C=O) groups excluding carboxylic acids is 1. The van der Waals surface area contributed by atoms with Crippen molar-refractivity contribution < 1.29 is 19.7 Å². The Morgan fingerprint density at radius 3 is 2.71 bits per heavy atom. The number of benzene rings is 1. The molecule has 0 saturated carbocycles. The van der Waals surface area contributed by atoms with Gasteiger partial charge in [0.15, 0.2) is 0 Å². The Balaban J connectivity index is 3.20. The lowest BCUT2D eigenvalue weighted by molar-refractivity contribution is 0.0597. The second-order valence-electron chi connectivity index (χ2n) is 3.61. The van der Waals surface area contributed by atoms with Gasteiger partial charge in [-0.05, 0) is 18.1 Å². The fourth-order valence-electron chi connectivity index (χ4n) is 1.47. The molecule has 17 heavy (non-hydrogen) atoms. The first kappa shape index (κ1) is 13.1. The van der Waals surface area contributed by atoms with Gasteiger partial charge < -0.3 is 14.9 Å². The fourth-order valence-corrected chi connectivity index (χ4v) is 1.47. The molecule has 4 nitrogen and oxygen atoms in total. The van der Waals surface area contributed by atoms with E-state index in [1.54, 1.807) is 6.08 Å². The van der Waals surface area contributed by atoms with Crippen molar-refractivity contribution >= 4 is 12.0 Å². The lowest BCUT2D eigenvalue weighted by atomic mass is 10.0. The molecule has 4 heteroatoms. The highest BCUT2D eigenvalue weighted by atomic mass is 16.5. The summed E-state index contributed by atoms with van der Waals surface area (Å²) in [6, 6.07) is 2.53. The number of carbonyl (C=O) groups is 1. The molecule has 0 fully saturated rings.